The molecule has 0 radical (unpaired) electrons. The highest BCUT2D eigenvalue weighted by molar-refractivity contribution is 8.00. The van der Waals surface area contributed by atoms with Gasteiger partial charge in [-0.15, -0.1) is 11.8 Å². The Balaban J connectivity index is 2.05. The van der Waals surface area contributed by atoms with Crippen LogP contribution in [0, 0.1) is 6.92 Å². The first-order valence-corrected chi connectivity index (χ1v) is 7.14. The van der Waals surface area contributed by atoms with E-state index in [1.807, 2.05) is 19.1 Å². The van der Waals surface area contributed by atoms with Gasteiger partial charge in [0.2, 0.25) is 0 Å². The molecule has 0 spiro atoms. The van der Waals surface area contributed by atoms with Crippen LogP contribution in [-0.4, -0.2) is 16.6 Å². The number of aromatic hydroxyl groups is 1. The minimum absolute atomic E-state index is 0.0345. The number of carbonyl (C=O) groups excluding carboxylic acids is 1. The number of benzene rings is 2. The number of carbonyl (C=O) groups is 1. The largest absolute Gasteiger partial charge is 0.507 e. The third-order valence-electron chi connectivity index (χ3n) is 2.64. The molecule has 0 aliphatic heterocycles. The number of thioether (sulfide) groups is 1. The van der Waals surface area contributed by atoms with Crippen LogP contribution in [0.5, 0.6) is 5.75 Å². The average Bonchev–Trinajstić information content (AvgIpc) is 2.40. The number of phenols is 1. The van der Waals surface area contributed by atoms with E-state index in [9.17, 15) is 9.90 Å². The van der Waals surface area contributed by atoms with Crippen molar-refractivity contribution in [1.29, 1.82) is 0 Å². The lowest BCUT2D eigenvalue weighted by molar-refractivity contribution is 0.102. The first kappa shape index (κ1) is 14.0. The summed E-state index contributed by atoms with van der Waals surface area (Å²) in [5.74, 6) is 0.243. The predicted octanol–water partition coefficient (Wildman–Crippen LogP) is 4.33. The van der Waals surface area contributed by atoms with Crippen LogP contribution in [0.2, 0.25) is 5.02 Å². The number of rotatable bonds is 4. The molecule has 0 heterocycles. The van der Waals surface area contributed by atoms with Gasteiger partial charge in [-0.3, -0.25) is 4.79 Å². The highest BCUT2D eigenvalue weighted by Gasteiger charge is 2.11. The SMILES string of the molecule is Cc1ccc(O)c(C(=O)CSc2ccc(Cl)cc2)c1. The highest BCUT2D eigenvalue weighted by Crippen LogP contribution is 2.24. The zero-order valence-corrected chi connectivity index (χ0v) is 12.0. The Morgan fingerprint density at radius 2 is 1.89 bits per heavy atom. The summed E-state index contributed by atoms with van der Waals surface area (Å²) in [6.07, 6.45) is 0. The second-order valence-electron chi connectivity index (χ2n) is 4.19. The molecule has 2 aromatic rings. The lowest BCUT2D eigenvalue weighted by Gasteiger charge is -2.05. The van der Waals surface area contributed by atoms with Crippen molar-refractivity contribution in [1.82, 2.24) is 0 Å². The van der Waals surface area contributed by atoms with Crippen molar-refractivity contribution in [3.63, 3.8) is 0 Å². The molecular formula is C15H13ClO2S. The molecule has 2 rings (SSSR count). The maximum absolute atomic E-state index is 12.1. The average molecular weight is 293 g/mol. The van der Waals surface area contributed by atoms with Crippen molar-refractivity contribution < 1.29 is 9.90 Å². The van der Waals surface area contributed by atoms with Gasteiger partial charge in [-0.25, -0.2) is 0 Å². The number of phenolic OH excluding ortho intramolecular Hbond substituents is 1. The monoisotopic (exact) mass is 292 g/mol. The molecule has 0 bridgehead atoms. The molecular weight excluding hydrogens is 280 g/mol. The van der Waals surface area contributed by atoms with Gasteiger partial charge in [0.05, 0.1) is 11.3 Å². The lowest BCUT2D eigenvalue weighted by atomic mass is 10.1. The first-order valence-electron chi connectivity index (χ1n) is 5.77. The van der Waals surface area contributed by atoms with E-state index in [0.717, 1.165) is 10.5 Å². The van der Waals surface area contributed by atoms with E-state index < -0.39 is 0 Å². The summed E-state index contributed by atoms with van der Waals surface area (Å²) in [5.41, 5.74) is 1.33. The van der Waals surface area contributed by atoms with Crippen LogP contribution >= 0.6 is 23.4 Å². The first-order chi connectivity index (χ1) is 9.06. The summed E-state index contributed by atoms with van der Waals surface area (Å²) >= 11 is 7.23. The van der Waals surface area contributed by atoms with Crippen LogP contribution in [0.3, 0.4) is 0 Å². The smallest absolute Gasteiger partial charge is 0.176 e. The molecule has 4 heteroatoms. The lowest BCUT2D eigenvalue weighted by Crippen LogP contribution is -2.03. The fourth-order valence-corrected chi connectivity index (χ4v) is 2.54. The summed E-state index contributed by atoms with van der Waals surface area (Å²) in [7, 11) is 0. The van der Waals surface area contributed by atoms with Crippen LogP contribution in [-0.2, 0) is 0 Å². The van der Waals surface area contributed by atoms with Crippen molar-refractivity contribution in [2.75, 3.05) is 5.75 Å². The van der Waals surface area contributed by atoms with E-state index in [2.05, 4.69) is 0 Å². The zero-order chi connectivity index (χ0) is 13.8. The summed E-state index contributed by atoms with van der Waals surface area (Å²) in [4.78, 5) is 13.0. The molecule has 0 atom stereocenters. The maximum atomic E-state index is 12.1. The molecule has 2 aromatic carbocycles. The van der Waals surface area contributed by atoms with Crippen LogP contribution in [0.15, 0.2) is 47.4 Å². The van der Waals surface area contributed by atoms with Gasteiger partial charge in [-0.1, -0.05) is 23.2 Å². The topological polar surface area (TPSA) is 37.3 Å². The normalized spacial score (nSPS) is 10.4. The van der Waals surface area contributed by atoms with E-state index in [-0.39, 0.29) is 11.5 Å². The van der Waals surface area contributed by atoms with Crippen molar-refractivity contribution in [3.05, 3.63) is 58.6 Å². The van der Waals surface area contributed by atoms with E-state index in [1.54, 1.807) is 30.3 Å². The van der Waals surface area contributed by atoms with Gasteiger partial charge >= 0.3 is 0 Å². The molecule has 0 fully saturated rings. The molecule has 0 aliphatic carbocycles. The molecule has 0 unspecified atom stereocenters. The molecule has 1 N–H and O–H groups in total. The van der Waals surface area contributed by atoms with Crippen molar-refractivity contribution in [2.24, 2.45) is 0 Å². The highest BCUT2D eigenvalue weighted by atomic mass is 35.5. The van der Waals surface area contributed by atoms with Gasteiger partial charge in [0.1, 0.15) is 5.75 Å². The minimum Gasteiger partial charge on any atom is -0.507 e. The van der Waals surface area contributed by atoms with Crippen LogP contribution < -0.4 is 0 Å². The van der Waals surface area contributed by atoms with E-state index in [1.165, 1.54) is 11.8 Å². The number of hydrogen-bond donors (Lipinski definition) is 1. The van der Waals surface area contributed by atoms with E-state index in [4.69, 9.17) is 11.6 Å². The summed E-state index contributed by atoms with van der Waals surface area (Å²) in [6, 6.07) is 12.4. The number of hydrogen-bond acceptors (Lipinski definition) is 3. The van der Waals surface area contributed by atoms with Gasteiger partial charge in [-0.05, 0) is 43.3 Å². The van der Waals surface area contributed by atoms with Gasteiger partial charge in [-0.2, -0.15) is 0 Å². The Hall–Kier alpha value is -1.45. The molecule has 2 nitrogen and oxygen atoms in total. The van der Waals surface area contributed by atoms with Crippen molar-refractivity contribution >= 4 is 29.1 Å². The molecule has 98 valence electrons. The number of ketones is 1. The van der Waals surface area contributed by atoms with Gasteiger partial charge in [0.25, 0.3) is 0 Å². The quantitative estimate of drug-likeness (QED) is 0.673. The van der Waals surface area contributed by atoms with Gasteiger partial charge in [0.15, 0.2) is 5.78 Å². The maximum Gasteiger partial charge on any atom is 0.176 e. The summed E-state index contributed by atoms with van der Waals surface area (Å²) in [5, 5.41) is 10.4. The van der Waals surface area contributed by atoms with E-state index >= 15 is 0 Å². The number of halogens is 1. The molecule has 19 heavy (non-hydrogen) atoms. The van der Waals surface area contributed by atoms with Gasteiger partial charge < -0.3 is 5.11 Å². The van der Waals surface area contributed by atoms with Crippen LogP contribution in [0.25, 0.3) is 0 Å². The molecule has 0 amide bonds. The van der Waals surface area contributed by atoms with Crippen LogP contribution in [0.1, 0.15) is 15.9 Å². The standard InChI is InChI=1S/C15H13ClO2S/c1-10-2-7-14(17)13(8-10)15(18)9-19-12-5-3-11(16)4-6-12/h2-8,17H,9H2,1H3. The Bertz CT molecular complexity index is 594. The third-order valence-corrected chi connectivity index (χ3v) is 3.90. The Kier molecular flexibility index (Phi) is 4.51. The predicted molar refractivity (Wildman–Crippen MR) is 79.4 cm³/mol. The third kappa shape index (κ3) is 3.75. The Morgan fingerprint density at radius 3 is 2.58 bits per heavy atom. The number of Topliss-reactive ketones (excluding diaryl/α,β-unsaturated/α-hetero) is 1. The second kappa shape index (κ2) is 6.13. The zero-order valence-electron chi connectivity index (χ0n) is 10.4. The molecule has 0 saturated carbocycles. The minimum atomic E-state index is -0.0823. The van der Waals surface area contributed by atoms with E-state index in [0.29, 0.717) is 16.3 Å². The molecule has 0 saturated heterocycles. The van der Waals surface area contributed by atoms with Crippen molar-refractivity contribution in [2.45, 2.75) is 11.8 Å². The second-order valence-corrected chi connectivity index (χ2v) is 5.67. The molecule has 0 aliphatic rings. The summed E-state index contributed by atoms with van der Waals surface area (Å²) < 4.78 is 0. The Morgan fingerprint density at radius 1 is 1.21 bits per heavy atom. The Labute approximate surface area is 121 Å². The summed E-state index contributed by atoms with van der Waals surface area (Å²) in [6.45, 7) is 1.89. The fourth-order valence-electron chi connectivity index (χ4n) is 1.63. The fraction of sp³-hybridized carbons (Fsp3) is 0.133. The van der Waals surface area contributed by atoms with Crippen molar-refractivity contribution in [3.8, 4) is 5.75 Å². The molecule has 0 aromatic heterocycles. The van der Waals surface area contributed by atoms with Gasteiger partial charge in [0, 0.05) is 9.92 Å². The number of aryl methyl sites for hydroxylation is 1. The van der Waals surface area contributed by atoms with Crippen LogP contribution in [0.4, 0.5) is 0 Å².